The molecule has 61 heavy (non-hydrogen) atoms. The molecule has 4 heterocycles. The molecular weight excluding hydrogens is 737 g/mol. The maximum atomic E-state index is 4.75. The molecule has 0 radical (unpaired) electrons. The second kappa shape index (κ2) is 13.3. The molecule has 0 fully saturated rings. The number of anilines is 3. The van der Waals surface area contributed by atoms with Crippen molar-refractivity contribution < 1.29 is 0 Å². The summed E-state index contributed by atoms with van der Waals surface area (Å²) in [5, 5.41) is 2.66. The molecule has 2 aliphatic heterocycles. The first-order valence-electron chi connectivity index (χ1n) is 22.2. The molecule has 8 aromatic rings. The lowest BCUT2D eigenvalue weighted by atomic mass is 9.33. The molecule has 0 aliphatic carbocycles. The molecule has 0 unspecified atom stereocenters. The first kappa shape index (κ1) is 39.3. The first-order chi connectivity index (χ1) is 28.8. The van der Waals surface area contributed by atoms with Crippen LogP contribution in [0.4, 0.5) is 17.1 Å². The Balaban J connectivity index is 1.37. The summed E-state index contributed by atoms with van der Waals surface area (Å²) in [5.74, 6) is 0. The summed E-state index contributed by atoms with van der Waals surface area (Å²) in [7, 11) is 0. The average Bonchev–Trinajstić information content (AvgIpc) is 3.55. The summed E-state index contributed by atoms with van der Waals surface area (Å²) in [6, 6.07) is 49.0. The lowest BCUT2D eigenvalue weighted by molar-refractivity contribution is 0.590. The van der Waals surface area contributed by atoms with Crippen molar-refractivity contribution in [1.29, 1.82) is 0 Å². The monoisotopic (exact) mass is 795 g/mol. The van der Waals surface area contributed by atoms with Gasteiger partial charge in [0.25, 0.3) is 6.71 Å². The van der Waals surface area contributed by atoms with Gasteiger partial charge >= 0.3 is 0 Å². The molecule has 6 aromatic carbocycles. The highest BCUT2D eigenvalue weighted by Crippen LogP contribution is 2.46. The molecule has 0 saturated heterocycles. The maximum absolute atomic E-state index is 4.75. The minimum atomic E-state index is -0.0437. The van der Waals surface area contributed by atoms with E-state index in [-0.39, 0.29) is 28.4 Å². The quantitative estimate of drug-likeness (QED) is 0.166. The third-order valence-corrected chi connectivity index (χ3v) is 13.4. The summed E-state index contributed by atoms with van der Waals surface area (Å²) < 4.78 is 2.62. The van der Waals surface area contributed by atoms with Crippen molar-refractivity contribution in [2.75, 3.05) is 4.90 Å². The molecule has 0 saturated carbocycles. The number of hydrogen-bond acceptors (Lipinski definition) is 2. The molecule has 0 N–H and O–H groups in total. The highest BCUT2D eigenvalue weighted by Gasteiger charge is 2.43. The van der Waals surface area contributed by atoms with Gasteiger partial charge in [0.05, 0.1) is 11.2 Å². The number of aromatic nitrogens is 2. The summed E-state index contributed by atoms with van der Waals surface area (Å²) in [4.78, 5) is 7.31. The highest BCUT2D eigenvalue weighted by atomic mass is 15.2. The van der Waals surface area contributed by atoms with Crippen LogP contribution < -0.4 is 21.3 Å². The van der Waals surface area contributed by atoms with Crippen LogP contribution in [0.1, 0.15) is 105 Å². The van der Waals surface area contributed by atoms with Crippen molar-refractivity contribution in [1.82, 2.24) is 9.55 Å². The Bertz CT molecular complexity index is 3050. The minimum Gasteiger partial charge on any atom is -0.311 e. The number of hydrogen-bond donors (Lipinski definition) is 0. The SMILES string of the molecule is CC(C)(C)c1ccc(N2c3ccc(C(C)(C)C)cc3B3c4c2cc(-c2cccc(-c5ccccn5)c2)cc4-n2c4ccc(C(C)(C)C)cc4c4cc(C(C)(C)C)cc3c42)cc1. The third kappa shape index (κ3) is 6.36. The van der Waals surface area contributed by atoms with Gasteiger partial charge in [0.1, 0.15) is 0 Å². The van der Waals surface area contributed by atoms with Gasteiger partial charge in [0.2, 0.25) is 0 Å². The summed E-state index contributed by atoms with van der Waals surface area (Å²) in [5.41, 5.74) is 21.5. The second-order valence-corrected chi connectivity index (χ2v) is 21.8. The number of nitrogens with zero attached hydrogens (tertiary/aromatic N) is 3. The highest BCUT2D eigenvalue weighted by molar-refractivity contribution is 7.00. The molecule has 4 heteroatoms. The largest absolute Gasteiger partial charge is 0.311 e. The Hall–Kier alpha value is -5.87. The van der Waals surface area contributed by atoms with Gasteiger partial charge in [-0.25, -0.2) is 0 Å². The summed E-state index contributed by atoms with van der Waals surface area (Å²) >= 11 is 0. The van der Waals surface area contributed by atoms with Gasteiger partial charge in [-0.1, -0.05) is 144 Å². The van der Waals surface area contributed by atoms with E-state index in [0.29, 0.717) is 0 Å². The fourth-order valence-electron chi connectivity index (χ4n) is 9.85. The fourth-order valence-corrected chi connectivity index (χ4v) is 9.85. The molecule has 0 bridgehead atoms. The topological polar surface area (TPSA) is 21.1 Å². The van der Waals surface area contributed by atoms with E-state index in [0.717, 1.165) is 11.3 Å². The van der Waals surface area contributed by atoms with E-state index in [9.17, 15) is 0 Å². The van der Waals surface area contributed by atoms with Crippen LogP contribution in [0, 0.1) is 0 Å². The van der Waals surface area contributed by atoms with Crippen LogP contribution in [0.2, 0.25) is 0 Å². The molecule has 304 valence electrons. The predicted octanol–water partition coefficient (Wildman–Crippen LogP) is 13.3. The third-order valence-electron chi connectivity index (χ3n) is 13.4. The van der Waals surface area contributed by atoms with Gasteiger partial charge in [0.15, 0.2) is 0 Å². The normalized spacial score (nSPS) is 13.8. The fraction of sp³-hybridized carbons (Fsp3) is 0.281. The second-order valence-electron chi connectivity index (χ2n) is 21.8. The molecule has 0 atom stereocenters. The van der Waals surface area contributed by atoms with Gasteiger partial charge in [-0.3, -0.25) is 4.98 Å². The molecule has 0 spiro atoms. The first-order valence-corrected chi connectivity index (χ1v) is 22.2. The van der Waals surface area contributed by atoms with Crippen LogP contribution in [-0.2, 0) is 21.7 Å². The average molecular weight is 796 g/mol. The van der Waals surface area contributed by atoms with E-state index < -0.39 is 0 Å². The van der Waals surface area contributed by atoms with E-state index in [1.807, 2.05) is 12.3 Å². The van der Waals surface area contributed by atoms with Crippen molar-refractivity contribution in [3.8, 4) is 28.1 Å². The zero-order chi connectivity index (χ0) is 43.0. The van der Waals surface area contributed by atoms with E-state index >= 15 is 0 Å². The van der Waals surface area contributed by atoms with Crippen LogP contribution in [0.15, 0.2) is 134 Å². The zero-order valence-corrected chi connectivity index (χ0v) is 38.1. The maximum Gasteiger partial charge on any atom is 0.252 e. The van der Waals surface area contributed by atoms with Crippen molar-refractivity contribution in [2.24, 2.45) is 0 Å². The summed E-state index contributed by atoms with van der Waals surface area (Å²) in [6.07, 6.45) is 1.88. The molecule has 0 amide bonds. The van der Waals surface area contributed by atoms with Crippen LogP contribution in [0.3, 0.4) is 0 Å². The van der Waals surface area contributed by atoms with Gasteiger partial charge in [-0.05, 0) is 138 Å². The standard InChI is InChI=1S/C57H58BN3/c1-54(2,3)38-19-23-42(24-20-38)60-49-26-22-40(56(7,8)9)33-45(49)58-46-34-41(57(10,11)12)32-44-43-31-39(55(4,5)6)21-25-48(43)61(53(44)46)51-30-37(29-50(60)52(51)58)35-16-15-17-36(28-35)47-18-13-14-27-59-47/h13-34H,1-12H3. The van der Waals surface area contributed by atoms with Crippen molar-refractivity contribution in [2.45, 2.75) is 105 Å². The van der Waals surface area contributed by atoms with Gasteiger partial charge in [-0.15, -0.1) is 0 Å². The Labute approximate surface area is 363 Å². The van der Waals surface area contributed by atoms with E-state index in [1.54, 1.807) is 0 Å². The Morgan fingerprint density at radius 3 is 1.72 bits per heavy atom. The van der Waals surface area contributed by atoms with E-state index in [2.05, 4.69) is 214 Å². The van der Waals surface area contributed by atoms with Crippen molar-refractivity contribution in [3.63, 3.8) is 0 Å². The lowest BCUT2D eigenvalue weighted by Crippen LogP contribution is -2.60. The van der Waals surface area contributed by atoms with Crippen LogP contribution >= 0.6 is 0 Å². The molecule has 2 aromatic heterocycles. The zero-order valence-electron chi connectivity index (χ0n) is 38.1. The number of fused-ring (bicyclic) bond motifs is 7. The molecular formula is C57H58BN3. The molecule has 3 nitrogen and oxygen atoms in total. The van der Waals surface area contributed by atoms with Gasteiger partial charge in [-0.2, -0.15) is 0 Å². The van der Waals surface area contributed by atoms with Crippen molar-refractivity contribution in [3.05, 3.63) is 156 Å². The van der Waals surface area contributed by atoms with E-state index in [1.165, 1.54) is 94.3 Å². The van der Waals surface area contributed by atoms with Gasteiger partial charge in [0, 0.05) is 50.8 Å². The van der Waals surface area contributed by atoms with Crippen LogP contribution in [0.5, 0.6) is 0 Å². The Morgan fingerprint density at radius 2 is 1.05 bits per heavy atom. The Morgan fingerprint density at radius 1 is 0.443 bits per heavy atom. The smallest absolute Gasteiger partial charge is 0.252 e. The number of pyridine rings is 1. The number of benzene rings is 6. The molecule has 10 rings (SSSR count). The summed E-state index contributed by atoms with van der Waals surface area (Å²) in [6.45, 7) is 28.0. The van der Waals surface area contributed by atoms with Crippen molar-refractivity contribution >= 4 is 62.0 Å². The van der Waals surface area contributed by atoms with Crippen LogP contribution in [0.25, 0.3) is 49.9 Å². The van der Waals surface area contributed by atoms with E-state index in [4.69, 9.17) is 4.98 Å². The molecule has 2 aliphatic rings. The predicted molar refractivity (Wildman–Crippen MR) is 264 cm³/mol. The minimum absolute atomic E-state index is 0.0148. The van der Waals surface area contributed by atoms with Gasteiger partial charge < -0.3 is 9.47 Å². The number of rotatable bonds is 3. The Kier molecular flexibility index (Phi) is 8.58. The van der Waals surface area contributed by atoms with Crippen LogP contribution in [-0.4, -0.2) is 16.3 Å². The lowest BCUT2D eigenvalue weighted by Gasteiger charge is -2.41.